The van der Waals surface area contributed by atoms with E-state index in [0.29, 0.717) is 37.0 Å². The number of ether oxygens (including phenoxy) is 1. The lowest BCUT2D eigenvalue weighted by atomic mass is 10.3. The summed E-state index contributed by atoms with van der Waals surface area (Å²) in [4.78, 5) is 12.2. The van der Waals surface area contributed by atoms with Crippen LogP contribution in [0, 0.1) is 0 Å². The highest BCUT2D eigenvalue weighted by molar-refractivity contribution is 7.89. The van der Waals surface area contributed by atoms with E-state index in [4.69, 9.17) is 16.3 Å². The third kappa shape index (κ3) is 4.37. The summed E-state index contributed by atoms with van der Waals surface area (Å²) in [5.41, 5.74) is 0.401. The van der Waals surface area contributed by atoms with Gasteiger partial charge in [-0.3, -0.25) is 9.48 Å². The average molecular weight is 385 g/mol. The Morgan fingerprint density at radius 3 is 2.76 bits per heavy atom. The Morgan fingerprint density at radius 2 is 2.08 bits per heavy atom. The number of morpholine rings is 1. The van der Waals surface area contributed by atoms with Gasteiger partial charge in [0, 0.05) is 25.0 Å². The summed E-state index contributed by atoms with van der Waals surface area (Å²) in [7, 11) is -3.61. The van der Waals surface area contributed by atoms with Gasteiger partial charge in [0.1, 0.15) is 6.54 Å². The predicted octanol–water partition coefficient (Wildman–Crippen LogP) is 1.20. The fraction of sp³-hybridized carbons (Fsp3) is 0.333. The number of carbonyl (C=O) groups is 1. The molecule has 1 N–H and O–H groups in total. The summed E-state index contributed by atoms with van der Waals surface area (Å²) >= 11 is 5.75. The molecule has 25 heavy (non-hydrogen) atoms. The Hall–Kier alpha value is -1.94. The van der Waals surface area contributed by atoms with Crippen LogP contribution in [0.2, 0.25) is 5.02 Å². The van der Waals surface area contributed by atoms with E-state index in [0.717, 1.165) is 0 Å². The van der Waals surface area contributed by atoms with Crippen molar-refractivity contribution in [3.63, 3.8) is 0 Å². The molecule has 0 radical (unpaired) electrons. The summed E-state index contributed by atoms with van der Waals surface area (Å²) in [5.74, 6) is -0.333. The van der Waals surface area contributed by atoms with E-state index in [-0.39, 0.29) is 17.3 Å². The monoisotopic (exact) mass is 384 g/mol. The maximum atomic E-state index is 12.6. The molecule has 2 heterocycles. The molecule has 134 valence electrons. The molecule has 0 saturated carbocycles. The molecule has 2 aromatic rings. The maximum Gasteiger partial charge on any atom is 0.246 e. The third-order valence-corrected chi connectivity index (χ3v) is 5.72. The van der Waals surface area contributed by atoms with Crippen molar-refractivity contribution in [3.8, 4) is 0 Å². The first-order chi connectivity index (χ1) is 11.9. The van der Waals surface area contributed by atoms with Crippen LogP contribution in [0.4, 0.5) is 5.69 Å². The van der Waals surface area contributed by atoms with Crippen LogP contribution in [0.1, 0.15) is 0 Å². The van der Waals surface area contributed by atoms with E-state index in [1.165, 1.54) is 33.5 Å². The Morgan fingerprint density at radius 1 is 1.32 bits per heavy atom. The molecule has 0 atom stereocenters. The lowest BCUT2D eigenvalue weighted by Crippen LogP contribution is -2.40. The van der Waals surface area contributed by atoms with Gasteiger partial charge in [-0.2, -0.15) is 9.40 Å². The van der Waals surface area contributed by atoms with E-state index < -0.39 is 10.0 Å². The highest BCUT2D eigenvalue weighted by Crippen LogP contribution is 2.20. The van der Waals surface area contributed by atoms with Gasteiger partial charge in [0.05, 0.1) is 29.3 Å². The van der Waals surface area contributed by atoms with Crippen molar-refractivity contribution in [3.05, 3.63) is 41.7 Å². The topological polar surface area (TPSA) is 93.5 Å². The number of sulfonamides is 1. The zero-order valence-corrected chi connectivity index (χ0v) is 14.8. The Bertz CT molecular complexity index is 862. The molecule has 0 spiro atoms. The van der Waals surface area contributed by atoms with Gasteiger partial charge < -0.3 is 10.1 Å². The van der Waals surface area contributed by atoms with Crippen LogP contribution in [-0.2, 0) is 26.1 Å². The molecule has 1 aromatic heterocycles. The van der Waals surface area contributed by atoms with Crippen molar-refractivity contribution in [2.24, 2.45) is 0 Å². The zero-order chi connectivity index (χ0) is 17.9. The predicted molar refractivity (Wildman–Crippen MR) is 91.9 cm³/mol. The quantitative estimate of drug-likeness (QED) is 0.835. The highest BCUT2D eigenvalue weighted by atomic mass is 35.5. The number of hydrogen-bond donors (Lipinski definition) is 1. The summed E-state index contributed by atoms with van der Waals surface area (Å²) in [6.45, 7) is 1.37. The van der Waals surface area contributed by atoms with Crippen molar-refractivity contribution >= 4 is 33.2 Å². The van der Waals surface area contributed by atoms with Gasteiger partial charge in [-0.15, -0.1) is 0 Å². The second-order valence-electron chi connectivity index (χ2n) is 5.45. The lowest BCUT2D eigenvalue weighted by molar-refractivity contribution is -0.116. The van der Waals surface area contributed by atoms with E-state index in [1.807, 2.05) is 0 Å². The van der Waals surface area contributed by atoms with E-state index in [1.54, 1.807) is 12.1 Å². The normalized spacial score (nSPS) is 15.9. The number of hydrogen-bond acceptors (Lipinski definition) is 5. The summed E-state index contributed by atoms with van der Waals surface area (Å²) in [6, 6.07) is 6.17. The standard InChI is InChI=1S/C15H17ClN4O4S/c16-12-9-17-19(10-12)11-15(21)18-13-2-1-3-14(8-13)25(22,23)20-4-6-24-7-5-20/h1-3,8-10H,4-7,11H2,(H,18,21). The van der Waals surface area contributed by atoms with Crippen molar-refractivity contribution in [2.45, 2.75) is 11.4 Å². The first kappa shape index (κ1) is 17.9. The molecular formula is C15H17ClN4O4S. The van der Waals surface area contributed by atoms with Crippen molar-refractivity contribution in [1.82, 2.24) is 14.1 Å². The molecule has 1 amide bonds. The lowest BCUT2D eigenvalue weighted by Gasteiger charge is -2.26. The Balaban J connectivity index is 1.71. The molecule has 3 rings (SSSR count). The van der Waals surface area contributed by atoms with E-state index in [9.17, 15) is 13.2 Å². The largest absolute Gasteiger partial charge is 0.379 e. The number of amides is 1. The summed E-state index contributed by atoms with van der Waals surface area (Å²) in [5, 5.41) is 7.03. The van der Waals surface area contributed by atoms with Crippen LogP contribution in [0.25, 0.3) is 0 Å². The van der Waals surface area contributed by atoms with Crippen LogP contribution in [0.5, 0.6) is 0 Å². The molecule has 0 unspecified atom stereocenters. The second-order valence-corrected chi connectivity index (χ2v) is 7.82. The minimum atomic E-state index is -3.61. The SMILES string of the molecule is O=C(Cn1cc(Cl)cn1)Nc1cccc(S(=O)(=O)N2CCOCC2)c1. The number of nitrogens with zero attached hydrogens (tertiary/aromatic N) is 3. The first-order valence-electron chi connectivity index (χ1n) is 7.61. The van der Waals surface area contributed by atoms with Crippen molar-refractivity contribution in [2.75, 3.05) is 31.6 Å². The number of halogens is 1. The van der Waals surface area contributed by atoms with Gasteiger partial charge in [0.15, 0.2) is 0 Å². The molecule has 1 aliphatic rings. The first-order valence-corrected chi connectivity index (χ1v) is 9.43. The fourth-order valence-corrected chi connectivity index (χ4v) is 4.05. The van der Waals surface area contributed by atoms with Gasteiger partial charge in [0.2, 0.25) is 15.9 Å². The van der Waals surface area contributed by atoms with Gasteiger partial charge in [-0.05, 0) is 18.2 Å². The van der Waals surface area contributed by atoms with Gasteiger partial charge in [-0.25, -0.2) is 8.42 Å². The molecular weight excluding hydrogens is 368 g/mol. The molecule has 1 fully saturated rings. The molecule has 1 aliphatic heterocycles. The van der Waals surface area contributed by atoms with Gasteiger partial charge in [-0.1, -0.05) is 17.7 Å². The third-order valence-electron chi connectivity index (χ3n) is 3.63. The van der Waals surface area contributed by atoms with Crippen LogP contribution in [-0.4, -0.2) is 54.7 Å². The number of carbonyl (C=O) groups excluding carboxylic acids is 1. The Labute approximate surface area is 150 Å². The van der Waals surface area contributed by atoms with Gasteiger partial charge >= 0.3 is 0 Å². The average Bonchev–Trinajstić information content (AvgIpc) is 3.00. The number of benzene rings is 1. The summed E-state index contributed by atoms with van der Waals surface area (Å²) in [6.07, 6.45) is 2.96. The van der Waals surface area contributed by atoms with Crippen LogP contribution in [0.15, 0.2) is 41.6 Å². The minimum absolute atomic E-state index is 0.0207. The molecule has 1 saturated heterocycles. The molecule has 1 aromatic carbocycles. The zero-order valence-electron chi connectivity index (χ0n) is 13.3. The van der Waals surface area contributed by atoms with Crippen LogP contribution < -0.4 is 5.32 Å². The molecule has 8 nitrogen and oxygen atoms in total. The van der Waals surface area contributed by atoms with Gasteiger partial charge in [0.25, 0.3) is 0 Å². The highest BCUT2D eigenvalue weighted by Gasteiger charge is 2.26. The van der Waals surface area contributed by atoms with E-state index in [2.05, 4.69) is 10.4 Å². The van der Waals surface area contributed by atoms with Crippen LogP contribution >= 0.6 is 11.6 Å². The number of nitrogens with one attached hydrogen (secondary N) is 1. The summed E-state index contributed by atoms with van der Waals surface area (Å²) < 4.78 is 33.3. The van der Waals surface area contributed by atoms with Crippen molar-refractivity contribution < 1.29 is 17.9 Å². The Kier molecular flexibility index (Phi) is 5.38. The maximum absolute atomic E-state index is 12.6. The van der Waals surface area contributed by atoms with E-state index >= 15 is 0 Å². The number of rotatable bonds is 5. The number of anilines is 1. The minimum Gasteiger partial charge on any atom is -0.379 e. The van der Waals surface area contributed by atoms with Crippen molar-refractivity contribution in [1.29, 1.82) is 0 Å². The fourth-order valence-electron chi connectivity index (χ4n) is 2.44. The second kappa shape index (κ2) is 7.52. The molecule has 10 heteroatoms. The number of aromatic nitrogens is 2. The molecule has 0 bridgehead atoms. The molecule has 0 aliphatic carbocycles. The smallest absolute Gasteiger partial charge is 0.246 e. The van der Waals surface area contributed by atoms with Crippen LogP contribution in [0.3, 0.4) is 0 Å².